The van der Waals surface area contributed by atoms with E-state index >= 15 is 0 Å². The van der Waals surface area contributed by atoms with Gasteiger partial charge in [0.15, 0.2) is 0 Å². The molecule has 0 saturated heterocycles. The van der Waals surface area contributed by atoms with Crippen molar-refractivity contribution in [2.24, 2.45) is 0 Å². The molecule has 0 aliphatic rings. The molecular formula is C10H13BO. The zero-order valence-corrected chi connectivity index (χ0v) is 7.38. The van der Waals surface area contributed by atoms with Crippen LogP contribution in [0.5, 0.6) is 0 Å². The van der Waals surface area contributed by atoms with Gasteiger partial charge in [-0.2, -0.15) is 0 Å². The maximum atomic E-state index is 8.94. The molecule has 0 spiro atoms. The largest absolute Gasteiger partial charge is 0.392 e. The Bertz CT molecular complexity index is 203. The van der Waals surface area contributed by atoms with Gasteiger partial charge in [0, 0.05) is 0 Å². The first-order chi connectivity index (χ1) is 5.80. The Balaban J connectivity index is 3.01. The van der Waals surface area contributed by atoms with E-state index in [1.807, 2.05) is 12.1 Å². The molecule has 0 bridgehead atoms. The van der Waals surface area contributed by atoms with E-state index in [0.717, 1.165) is 17.5 Å². The van der Waals surface area contributed by atoms with Crippen molar-refractivity contribution in [3.05, 3.63) is 34.9 Å². The minimum Gasteiger partial charge on any atom is -0.392 e. The van der Waals surface area contributed by atoms with Crippen molar-refractivity contribution in [3.63, 3.8) is 0 Å². The Morgan fingerprint density at radius 1 is 1.17 bits per heavy atom. The van der Waals surface area contributed by atoms with E-state index in [2.05, 4.69) is 13.0 Å². The summed E-state index contributed by atoms with van der Waals surface area (Å²) in [5.74, 6) is 0. The lowest BCUT2D eigenvalue weighted by atomic mass is 9.93. The van der Waals surface area contributed by atoms with Gasteiger partial charge in [-0.3, -0.25) is 0 Å². The van der Waals surface area contributed by atoms with Crippen LogP contribution in [-0.2, 0) is 19.3 Å². The Morgan fingerprint density at radius 3 is 2.25 bits per heavy atom. The summed E-state index contributed by atoms with van der Waals surface area (Å²) in [4.78, 5) is 0. The average Bonchev–Trinajstić information content (AvgIpc) is 2.16. The molecular weight excluding hydrogens is 147 g/mol. The van der Waals surface area contributed by atoms with Crippen molar-refractivity contribution in [3.8, 4) is 0 Å². The van der Waals surface area contributed by atoms with Gasteiger partial charge >= 0.3 is 0 Å². The van der Waals surface area contributed by atoms with Crippen LogP contribution in [0.4, 0.5) is 0 Å². The normalized spacial score (nSPS) is 10.2. The second-order valence-electron chi connectivity index (χ2n) is 2.87. The molecule has 2 radical (unpaired) electrons. The first-order valence-electron chi connectivity index (χ1n) is 4.22. The molecule has 0 aliphatic carbocycles. The summed E-state index contributed by atoms with van der Waals surface area (Å²) in [5, 5.41) is 8.94. The van der Waals surface area contributed by atoms with Gasteiger partial charge in [0.1, 0.15) is 0 Å². The monoisotopic (exact) mass is 160 g/mol. The van der Waals surface area contributed by atoms with Gasteiger partial charge in [-0.25, -0.2) is 0 Å². The molecule has 1 N–H and O–H groups in total. The van der Waals surface area contributed by atoms with Crippen molar-refractivity contribution in [2.75, 3.05) is 0 Å². The summed E-state index contributed by atoms with van der Waals surface area (Å²) in [6.45, 7) is 2.19. The standard InChI is InChI=1S/C10H13BO/c1-2-8-3-9(6-11)5-10(4-8)7-12/h3-5,12H,2,6-7H2,1H3. The second kappa shape index (κ2) is 4.32. The van der Waals surface area contributed by atoms with E-state index in [9.17, 15) is 0 Å². The quantitative estimate of drug-likeness (QED) is 0.662. The molecule has 0 heterocycles. The van der Waals surface area contributed by atoms with Crippen molar-refractivity contribution in [1.29, 1.82) is 0 Å². The third-order valence-electron chi connectivity index (χ3n) is 1.94. The average molecular weight is 160 g/mol. The van der Waals surface area contributed by atoms with Crippen LogP contribution in [0.1, 0.15) is 23.6 Å². The molecule has 0 aromatic heterocycles. The third-order valence-corrected chi connectivity index (χ3v) is 1.94. The number of hydrogen-bond donors (Lipinski definition) is 1. The molecule has 1 aromatic rings. The topological polar surface area (TPSA) is 20.2 Å². The second-order valence-corrected chi connectivity index (χ2v) is 2.87. The van der Waals surface area contributed by atoms with E-state index in [1.54, 1.807) is 0 Å². The number of aliphatic hydroxyl groups is 1. The van der Waals surface area contributed by atoms with Gasteiger partial charge in [-0.15, -0.1) is 0 Å². The van der Waals surface area contributed by atoms with Crippen molar-refractivity contribution >= 4 is 7.85 Å². The highest BCUT2D eigenvalue weighted by Crippen LogP contribution is 2.10. The van der Waals surface area contributed by atoms with Crippen LogP contribution in [-0.4, -0.2) is 13.0 Å². The lowest BCUT2D eigenvalue weighted by molar-refractivity contribution is 0.281. The predicted molar refractivity (Wildman–Crippen MR) is 51.2 cm³/mol. The van der Waals surface area contributed by atoms with E-state index in [1.165, 1.54) is 5.56 Å². The molecule has 0 amide bonds. The molecule has 0 fully saturated rings. The summed E-state index contributed by atoms with van der Waals surface area (Å²) in [6.07, 6.45) is 1.53. The molecule has 0 saturated carbocycles. The van der Waals surface area contributed by atoms with Gasteiger partial charge in [0.25, 0.3) is 0 Å². The Hall–Kier alpha value is -0.755. The van der Waals surface area contributed by atoms with Crippen molar-refractivity contribution < 1.29 is 5.11 Å². The fourth-order valence-electron chi connectivity index (χ4n) is 1.25. The van der Waals surface area contributed by atoms with Gasteiger partial charge in [0.05, 0.1) is 14.5 Å². The summed E-state index contributed by atoms with van der Waals surface area (Å²) in [6, 6.07) is 6.04. The van der Waals surface area contributed by atoms with Crippen LogP contribution in [0.3, 0.4) is 0 Å². The van der Waals surface area contributed by atoms with E-state index in [-0.39, 0.29) is 6.61 Å². The lowest BCUT2D eigenvalue weighted by Crippen LogP contribution is -1.92. The van der Waals surface area contributed by atoms with E-state index in [4.69, 9.17) is 13.0 Å². The molecule has 12 heavy (non-hydrogen) atoms. The highest BCUT2D eigenvalue weighted by molar-refractivity contribution is 6.08. The zero-order valence-electron chi connectivity index (χ0n) is 7.38. The Kier molecular flexibility index (Phi) is 3.36. The SMILES string of the molecule is [B]Cc1cc(CC)cc(CO)c1. The number of benzene rings is 1. The minimum absolute atomic E-state index is 0.0981. The first-order valence-corrected chi connectivity index (χ1v) is 4.22. The van der Waals surface area contributed by atoms with Crippen LogP contribution in [0.25, 0.3) is 0 Å². The van der Waals surface area contributed by atoms with Gasteiger partial charge in [-0.1, -0.05) is 37.0 Å². The summed E-state index contributed by atoms with van der Waals surface area (Å²) < 4.78 is 0. The molecule has 0 aliphatic heterocycles. The fraction of sp³-hybridized carbons (Fsp3) is 0.400. The van der Waals surface area contributed by atoms with Gasteiger partial charge in [-0.05, 0) is 17.5 Å². The van der Waals surface area contributed by atoms with E-state index in [0.29, 0.717) is 6.32 Å². The van der Waals surface area contributed by atoms with Crippen LogP contribution in [0.2, 0.25) is 0 Å². The van der Waals surface area contributed by atoms with Crippen LogP contribution in [0, 0.1) is 0 Å². The van der Waals surface area contributed by atoms with Crippen LogP contribution >= 0.6 is 0 Å². The zero-order chi connectivity index (χ0) is 8.97. The first kappa shape index (κ1) is 9.33. The molecule has 0 atom stereocenters. The van der Waals surface area contributed by atoms with E-state index < -0.39 is 0 Å². The molecule has 0 unspecified atom stereocenters. The highest BCUT2D eigenvalue weighted by atomic mass is 16.3. The summed E-state index contributed by atoms with van der Waals surface area (Å²) >= 11 is 0. The maximum absolute atomic E-state index is 8.94. The lowest BCUT2D eigenvalue weighted by Gasteiger charge is -2.04. The minimum atomic E-state index is 0.0981. The number of hydrogen-bond acceptors (Lipinski definition) is 1. The molecule has 1 rings (SSSR count). The highest BCUT2D eigenvalue weighted by Gasteiger charge is 1.97. The fourth-order valence-corrected chi connectivity index (χ4v) is 1.25. The van der Waals surface area contributed by atoms with Crippen molar-refractivity contribution in [1.82, 2.24) is 0 Å². The molecule has 1 nitrogen and oxygen atoms in total. The predicted octanol–water partition coefficient (Wildman–Crippen LogP) is 1.41. The van der Waals surface area contributed by atoms with Crippen molar-refractivity contribution in [2.45, 2.75) is 26.3 Å². The number of rotatable bonds is 3. The molecule has 62 valence electrons. The Morgan fingerprint density at radius 2 is 1.75 bits per heavy atom. The maximum Gasteiger partial charge on any atom is 0.0716 e. The molecule has 2 heteroatoms. The van der Waals surface area contributed by atoms with Gasteiger partial charge in [0.2, 0.25) is 0 Å². The summed E-state index contributed by atoms with van der Waals surface area (Å²) in [5.41, 5.74) is 3.29. The third kappa shape index (κ3) is 2.11. The summed E-state index contributed by atoms with van der Waals surface area (Å²) in [7, 11) is 5.52. The Labute approximate surface area is 74.8 Å². The number of aliphatic hydroxyl groups excluding tert-OH is 1. The molecule has 1 aromatic carbocycles. The smallest absolute Gasteiger partial charge is 0.0716 e. The van der Waals surface area contributed by atoms with Gasteiger partial charge < -0.3 is 5.11 Å². The van der Waals surface area contributed by atoms with Crippen LogP contribution in [0.15, 0.2) is 18.2 Å². The van der Waals surface area contributed by atoms with Crippen LogP contribution < -0.4 is 0 Å². The number of aryl methyl sites for hydroxylation is 1.